The first-order valence-corrected chi connectivity index (χ1v) is 5.34. The molecule has 0 unspecified atom stereocenters. The van der Waals surface area contributed by atoms with Crippen LogP contribution in [0.15, 0.2) is 24.3 Å². The molecule has 2 aromatic rings. The fourth-order valence-corrected chi connectivity index (χ4v) is 1.40. The first kappa shape index (κ1) is 13.2. The Bertz CT molecular complexity index is 593. The van der Waals surface area contributed by atoms with Crippen LogP contribution in [-0.4, -0.2) is 17.1 Å². The quantitative estimate of drug-likeness (QED) is 0.920. The molecule has 0 saturated heterocycles. The van der Waals surface area contributed by atoms with Crippen LogP contribution >= 0.6 is 0 Å². The topological polar surface area (TPSA) is 70.3 Å². The van der Waals surface area contributed by atoms with Crippen LogP contribution in [0, 0.1) is 11.6 Å². The number of anilines is 1. The average molecular weight is 267 g/mol. The van der Waals surface area contributed by atoms with E-state index in [1.165, 1.54) is 19.2 Å². The van der Waals surface area contributed by atoms with E-state index in [-0.39, 0.29) is 24.1 Å². The van der Waals surface area contributed by atoms with Gasteiger partial charge in [-0.1, -0.05) is 0 Å². The highest BCUT2D eigenvalue weighted by atomic mass is 19.2. The molecule has 0 fully saturated rings. The number of rotatable bonds is 4. The fraction of sp³-hybridized carbons (Fsp3) is 0.167. The largest absolute Gasteiger partial charge is 0.439 e. The normalized spacial score (nSPS) is 10.5. The molecule has 1 aromatic carbocycles. The second-order valence-electron chi connectivity index (χ2n) is 3.66. The van der Waals surface area contributed by atoms with Gasteiger partial charge in [-0.3, -0.25) is 0 Å². The first-order chi connectivity index (χ1) is 9.08. The molecule has 2 N–H and O–H groups in total. The minimum atomic E-state index is -1.00. The van der Waals surface area contributed by atoms with Crippen molar-refractivity contribution in [3.05, 3.63) is 41.7 Å². The maximum absolute atomic E-state index is 13.0. The molecule has 1 aromatic heterocycles. The van der Waals surface area contributed by atoms with Gasteiger partial charge in [0.15, 0.2) is 17.5 Å². The van der Waals surface area contributed by atoms with Crippen molar-refractivity contribution >= 4 is 5.82 Å². The number of hydrogen-bond acceptors (Lipinski definition) is 5. The Labute approximate surface area is 108 Å². The molecule has 100 valence electrons. The van der Waals surface area contributed by atoms with Crippen molar-refractivity contribution in [2.24, 2.45) is 0 Å². The number of ether oxygens (including phenoxy) is 2. The molecule has 0 spiro atoms. The maximum atomic E-state index is 13.0. The van der Waals surface area contributed by atoms with E-state index < -0.39 is 11.6 Å². The van der Waals surface area contributed by atoms with Gasteiger partial charge >= 0.3 is 0 Å². The summed E-state index contributed by atoms with van der Waals surface area (Å²) < 4.78 is 36.0. The second kappa shape index (κ2) is 5.57. The van der Waals surface area contributed by atoms with Gasteiger partial charge in [-0.15, -0.1) is 0 Å². The molecule has 1 heterocycles. The van der Waals surface area contributed by atoms with Crippen molar-refractivity contribution in [1.29, 1.82) is 0 Å². The third kappa shape index (κ3) is 3.35. The molecule has 19 heavy (non-hydrogen) atoms. The van der Waals surface area contributed by atoms with Crippen molar-refractivity contribution in [3.8, 4) is 11.6 Å². The summed E-state index contributed by atoms with van der Waals surface area (Å²) >= 11 is 0. The van der Waals surface area contributed by atoms with E-state index in [4.69, 9.17) is 15.2 Å². The van der Waals surface area contributed by atoms with Gasteiger partial charge in [-0.05, 0) is 12.1 Å². The predicted octanol–water partition coefficient (Wildman–Crippen LogP) is 2.28. The van der Waals surface area contributed by atoms with Gasteiger partial charge in [0.25, 0.3) is 0 Å². The summed E-state index contributed by atoms with van der Waals surface area (Å²) in [4.78, 5) is 7.94. The van der Waals surface area contributed by atoms with Gasteiger partial charge < -0.3 is 15.2 Å². The van der Waals surface area contributed by atoms with E-state index in [1.807, 2.05) is 0 Å². The monoisotopic (exact) mass is 267 g/mol. The third-order valence-electron chi connectivity index (χ3n) is 2.16. The van der Waals surface area contributed by atoms with Crippen LogP contribution in [0.25, 0.3) is 0 Å². The van der Waals surface area contributed by atoms with Crippen LogP contribution in [0.2, 0.25) is 0 Å². The highest BCUT2D eigenvalue weighted by Gasteiger charge is 2.07. The molecule has 0 aliphatic rings. The smallest absolute Gasteiger partial charge is 0.224 e. The van der Waals surface area contributed by atoms with Gasteiger partial charge in [-0.2, -0.15) is 4.98 Å². The number of nitrogens with two attached hydrogens (primary N) is 1. The van der Waals surface area contributed by atoms with Crippen LogP contribution in [0.1, 0.15) is 5.82 Å². The lowest BCUT2D eigenvalue weighted by molar-refractivity contribution is 0.177. The zero-order valence-corrected chi connectivity index (χ0v) is 10.1. The molecule has 0 saturated carbocycles. The zero-order chi connectivity index (χ0) is 13.8. The minimum Gasteiger partial charge on any atom is -0.439 e. The lowest BCUT2D eigenvalue weighted by Crippen LogP contribution is -2.02. The Balaban J connectivity index is 2.24. The van der Waals surface area contributed by atoms with Gasteiger partial charge in [0.05, 0.1) is 0 Å². The van der Waals surface area contributed by atoms with Crippen molar-refractivity contribution in [1.82, 2.24) is 9.97 Å². The number of hydrogen-bond donors (Lipinski definition) is 1. The van der Waals surface area contributed by atoms with Crippen LogP contribution in [0.4, 0.5) is 14.6 Å². The summed E-state index contributed by atoms with van der Waals surface area (Å²) in [6, 6.07) is 4.54. The van der Waals surface area contributed by atoms with Crippen LogP contribution < -0.4 is 10.5 Å². The van der Waals surface area contributed by atoms with E-state index in [0.29, 0.717) is 5.82 Å². The molecule has 0 radical (unpaired) electrons. The van der Waals surface area contributed by atoms with Gasteiger partial charge in [0.1, 0.15) is 18.2 Å². The third-order valence-corrected chi connectivity index (χ3v) is 2.16. The molecule has 7 heteroatoms. The molecular formula is C12H11F2N3O2. The fourth-order valence-electron chi connectivity index (χ4n) is 1.40. The molecule has 2 rings (SSSR count). The average Bonchev–Trinajstić information content (AvgIpc) is 2.33. The number of nitrogens with zero attached hydrogens (tertiary/aromatic N) is 2. The number of halogens is 2. The van der Waals surface area contributed by atoms with E-state index in [2.05, 4.69) is 9.97 Å². The van der Waals surface area contributed by atoms with Crippen molar-refractivity contribution in [3.63, 3.8) is 0 Å². The van der Waals surface area contributed by atoms with Gasteiger partial charge in [-0.25, -0.2) is 13.8 Å². The Hall–Kier alpha value is -2.28. The SMILES string of the molecule is COCc1nc(N)cc(Oc2ccc(F)c(F)c2)n1. The highest BCUT2D eigenvalue weighted by Crippen LogP contribution is 2.22. The molecule has 0 aliphatic heterocycles. The van der Waals surface area contributed by atoms with Crippen molar-refractivity contribution < 1.29 is 18.3 Å². The number of benzene rings is 1. The second-order valence-corrected chi connectivity index (χ2v) is 3.66. The number of methoxy groups -OCH3 is 1. The summed E-state index contributed by atoms with van der Waals surface area (Å²) in [5, 5.41) is 0. The lowest BCUT2D eigenvalue weighted by Gasteiger charge is -2.07. The van der Waals surface area contributed by atoms with Crippen molar-refractivity contribution in [2.45, 2.75) is 6.61 Å². The summed E-state index contributed by atoms with van der Waals surface area (Å²) in [6.07, 6.45) is 0. The summed E-state index contributed by atoms with van der Waals surface area (Å²) in [7, 11) is 1.49. The van der Waals surface area contributed by atoms with Crippen LogP contribution in [0.3, 0.4) is 0 Å². The minimum absolute atomic E-state index is 0.111. The number of aromatic nitrogens is 2. The standard InChI is InChI=1S/C12H11F2N3O2/c1-18-6-11-16-10(15)5-12(17-11)19-7-2-3-8(13)9(14)4-7/h2-5H,6H2,1H3,(H2,15,16,17). The van der Waals surface area contributed by atoms with E-state index in [9.17, 15) is 8.78 Å². The molecule has 5 nitrogen and oxygen atoms in total. The highest BCUT2D eigenvalue weighted by molar-refractivity contribution is 5.36. The maximum Gasteiger partial charge on any atom is 0.224 e. The zero-order valence-electron chi connectivity index (χ0n) is 10.1. The molecule has 0 aliphatic carbocycles. The molecule has 0 amide bonds. The van der Waals surface area contributed by atoms with E-state index >= 15 is 0 Å². The number of nitrogen functional groups attached to an aromatic ring is 1. The Kier molecular flexibility index (Phi) is 3.86. The molecule has 0 atom stereocenters. The Morgan fingerprint density at radius 1 is 1.16 bits per heavy atom. The van der Waals surface area contributed by atoms with Gasteiger partial charge in [0.2, 0.25) is 5.88 Å². The Morgan fingerprint density at radius 3 is 2.63 bits per heavy atom. The summed E-state index contributed by atoms with van der Waals surface area (Å²) in [5.41, 5.74) is 5.58. The van der Waals surface area contributed by atoms with Crippen LogP contribution in [0.5, 0.6) is 11.6 Å². The summed E-state index contributed by atoms with van der Waals surface area (Å²) in [6.45, 7) is 0.166. The van der Waals surface area contributed by atoms with Crippen LogP contribution in [-0.2, 0) is 11.3 Å². The lowest BCUT2D eigenvalue weighted by atomic mass is 10.3. The first-order valence-electron chi connectivity index (χ1n) is 5.34. The molecule has 0 bridgehead atoms. The Morgan fingerprint density at radius 2 is 1.95 bits per heavy atom. The van der Waals surface area contributed by atoms with E-state index in [1.54, 1.807) is 0 Å². The summed E-state index contributed by atoms with van der Waals surface area (Å²) in [5.74, 6) is -1.18. The van der Waals surface area contributed by atoms with E-state index in [0.717, 1.165) is 12.1 Å². The van der Waals surface area contributed by atoms with Gasteiger partial charge in [0, 0.05) is 19.2 Å². The molecular weight excluding hydrogens is 256 g/mol. The van der Waals surface area contributed by atoms with Crippen molar-refractivity contribution in [2.75, 3.05) is 12.8 Å². The predicted molar refractivity (Wildman–Crippen MR) is 63.6 cm³/mol.